The molecule has 2 aromatic carbocycles. The molecule has 0 saturated heterocycles. The number of hydrogen-bond acceptors (Lipinski definition) is 5. The van der Waals surface area contributed by atoms with Gasteiger partial charge in [-0.2, -0.15) is 0 Å². The number of nitro benzene ring substituents is 1. The lowest BCUT2D eigenvalue weighted by Gasteiger charge is -2.19. The molecule has 2 aromatic rings. The summed E-state index contributed by atoms with van der Waals surface area (Å²) in [5.41, 5.74) is 0.447. The maximum atomic E-state index is 11.7. The van der Waals surface area contributed by atoms with Crippen LogP contribution < -0.4 is 10.5 Å². The maximum Gasteiger partial charge on any atom is 0.270 e. The van der Waals surface area contributed by atoms with Crippen LogP contribution in [-0.4, -0.2) is 13.3 Å². The molecule has 0 heterocycles. The number of non-ortho nitro benzene ring substituents is 1. The second-order valence-electron chi connectivity index (χ2n) is 5.01. The van der Waals surface area contributed by atoms with Crippen molar-refractivity contribution in [3.05, 3.63) is 62.1 Å². The Bertz CT molecular complexity index is 903. The molecule has 0 bridgehead atoms. The summed E-state index contributed by atoms with van der Waals surface area (Å²) in [5, 5.41) is 19.8. The monoisotopic (exact) mass is 389 g/mol. The molecule has 7 nitrogen and oxygen atoms in total. The summed E-state index contributed by atoms with van der Waals surface area (Å²) in [6, 6.07) is 7.91. The first-order valence-electron chi connectivity index (χ1n) is 6.62. The lowest BCUT2D eigenvalue weighted by molar-refractivity contribution is -0.385. The molecular formula is C14H13Cl2N3O4S. The van der Waals surface area contributed by atoms with Crippen LogP contribution in [0.5, 0.6) is 0 Å². The van der Waals surface area contributed by atoms with Gasteiger partial charge in [-0.25, -0.2) is 13.6 Å². The molecule has 0 aliphatic rings. The standard InChI is InChI=1S/C14H13Cl2N3O4S/c1-8(11-4-2-9(15)6-12(11)16)18-13-5-3-10(19(20)21)7-14(13)24(17,22)23/h2-8,18H,1H3,(H2,17,22,23)/t8-/m1/s1. The van der Waals surface area contributed by atoms with Gasteiger partial charge in [0.15, 0.2) is 0 Å². The first-order valence-corrected chi connectivity index (χ1v) is 8.92. The van der Waals surface area contributed by atoms with Gasteiger partial charge in [0.05, 0.1) is 16.7 Å². The second-order valence-corrected chi connectivity index (χ2v) is 7.39. The van der Waals surface area contributed by atoms with E-state index in [0.717, 1.165) is 6.07 Å². The van der Waals surface area contributed by atoms with E-state index < -0.39 is 21.0 Å². The number of nitro groups is 1. The smallest absolute Gasteiger partial charge is 0.270 e. The molecule has 24 heavy (non-hydrogen) atoms. The Morgan fingerprint density at radius 3 is 2.42 bits per heavy atom. The zero-order valence-electron chi connectivity index (χ0n) is 12.4. The number of primary sulfonamides is 1. The molecule has 0 radical (unpaired) electrons. The van der Waals surface area contributed by atoms with Crippen molar-refractivity contribution in [2.24, 2.45) is 5.14 Å². The zero-order valence-corrected chi connectivity index (χ0v) is 14.7. The van der Waals surface area contributed by atoms with Crippen LogP contribution in [0.15, 0.2) is 41.3 Å². The van der Waals surface area contributed by atoms with Crippen molar-refractivity contribution >= 4 is 44.6 Å². The van der Waals surface area contributed by atoms with Crippen LogP contribution in [-0.2, 0) is 10.0 Å². The van der Waals surface area contributed by atoms with Gasteiger partial charge in [-0.05, 0) is 30.7 Å². The number of sulfonamides is 1. The summed E-state index contributed by atoms with van der Waals surface area (Å²) in [6.07, 6.45) is 0. The highest BCUT2D eigenvalue weighted by atomic mass is 35.5. The molecule has 0 unspecified atom stereocenters. The van der Waals surface area contributed by atoms with Crippen molar-refractivity contribution in [1.29, 1.82) is 0 Å². The quantitative estimate of drug-likeness (QED) is 0.596. The molecule has 3 N–H and O–H groups in total. The fourth-order valence-electron chi connectivity index (χ4n) is 2.14. The zero-order chi connectivity index (χ0) is 18.1. The Morgan fingerprint density at radius 1 is 1.21 bits per heavy atom. The summed E-state index contributed by atoms with van der Waals surface area (Å²) in [6.45, 7) is 1.75. The Hall–Kier alpha value is -1.87. The van der Waals surface area contributed by atoms with Gasteiger partial charge < -0.3 is 5.32 Å². The molecule has 10 heteroatoms. The molecule has 128 valence electrons. The predicted molar refractivity (Wildman–Crippen MR) is 93.0 cm³/mol. The minimum Gasteiger partial charge on any atom is -0.377 e. The number of nitrogens with two attached hydrogens (primary N) is 1. The fourth-order valence-corrected chi connectivity index (χ4v) is 3.43. The molecule has 0 aliphatic heterocycles. The van der Waals surface area contributed by atoms with Gasteiger partial charge in [0.25, 0.3) is 5.69 Å². The minimum absolute atomic E-state index is 0.140. The molecule has 2 rings (SSSR count). The molecular weight excluding hydrogens is 377 g/mol. The summed E-state index contributed by atoms with van der Waals surface area (Å²) in [5.74, 6) is 0. The number of rotatable bonds is 5. The van der Waals surface area contributed by atoms with E-state index in [1.807, 2.05) is 0 Å². The maximum absolute atomic E-state index is 11.7. The van der Waals surface area contributed by atoms with Gasteiger partial charge in [0.1, 0.15) is 4.90 Å². The average Bonchev–Trinajstić information content (AvgIpc) is 2.45. The molecule has 0 amide bonds. The third-order valence-electron chi connectivity index (χ3n) is 3.28. The Labute approximate surface area is 148 Å². The topological polar surface area (TPSA) is 115 Å². The van der Waals surface area contributed by atoms with E-state index in [1.165, 1.54) is 12.1 Å². The number of anilines is 1. The van der Waals surface area contributed by atoms with Crippen molar-refractivity contribution in [3.8, 4) is 0 Å². The van der Waals surface area contributed by atoms with E-state index in [0.29, 0.717) is 15.6 Å². The van der Waals surface area contributed by atoms with Gasteiger partial charge >= 0.3 is 0 Å². The predicted octanol–water partition coefficient (Wildman–Crippen LogP) is 3.72. The highest BCUT2D eigenvalue weighted by molar-refractivity contribution is 7.89. The van der Waals surface area contributed by atoms with Crippen LogP contribution in [0.2, 0.25) is 10.0 Å². The molecule has 0 saturated carbocycles. The van der Waals surface area contributed by atoms with Gasteiger partial charge in [0.2, 0.25) is 10.0 Å². The first kappa shape index (κ1) is 18.5. The Kier molecular flexibility index (Phi) is 5.34. The largest absolute Gasteiger partial charge is 0.377 e. The van der Waals surface area contributed by atoms with Gasteiger partial charge in [-0.1, -0.05) is 29.3 Å². The highest BCUT2D eigenvalue weighted by Crippen LogP contribution is 2.32. The summed E-state index contributed by atoms with van der Waals surface area (Å²) >= 11 is 12.0. The normalized spacial score (nSPS) is 12.7. The van der Waals surface area contributed by atoms with Crippen molar-refractivity contribution in [2.45, 2.75) is 17.9 Å². The van der Waals surface area contributed by atoms with Crippen molar-refractivity contribution in [1.82, 2.24) is 0 Å². The molecule has 0 fully saturated rings. The minimum atomic E-state index is -4.16. The lowest BCUT2D eigenvalue weighted by atomic mass is 10.1. The van der Waals surface area contributed by atoms with Gasteiger partial charge in [-0.3, -0.25) is 10.1 Å². The molecule has 0 spiro atoms. The van der Waals surface area contributed by atoms with Crippen LogP contribution in [0.4, 0.5) is 11.4 Å². The second kappa shape index (κ2) is 6.94. The van der Waals surface area contributed by atoms with E-state index in [4.69, 9.17) is 28.3 Å². The van der Waals surface area contributed by atoms with Crippen LogP contribution in [0, 0.1) is 10.1 Å². The van der Waals surface area contributed by atoms with Crippen LogP contribution in [0.25, 0.3) is 0 Å². The van der Waals surface area contributed by atoms with E-state index in [1.54, 1.807) is 25.1 Å². The summed E-state index contributed by atoms with van der Waals surface area (Å²) in [7, 11) is -4.16. The number of halogens is 2. The van der Waals surface area contributed by atoms with Gasteiger partial charge in [0, 0.05) is 22.2 Å². The lowest BCUT2D eigenvalue weighted by Crippen LogP contribution is -2.17. The van der Waals surface area contributed by atoms with Crippen LogP contribution in [0.1, 0.15) is 18.5 Å². The number of hydrogen-bond donors (Lipinski definition) is 2. The number of nitrogens with zero attached hydrogens (tertiary/aromatic N) is 1. The van der Waals surface area contributed by atoms with Crippen LogP contribution >= 0.6 is 23.2 Å². The fraction of sp³-hybridized carbons (Fsp3) is 0.143. The first-order chi connectivity index (χ1) is 11.1. The van der Waals surface area contributed by atoms with Crippen LogP contribution in [0.3, 0.4) is 0 Å². The highest BCUT2D eigenvalue weighted by Gasteiger charge is 2.21. The third-order valence-corrected chi connectivity index (χ3v) is 4.80. The van der Waals surface area contributed by atoms with E-state index in [-0.39, 0.29) is 16.3 Å². The van der Waals surface area contributed by atoms with Crippen molar-refractivity contribution in [3.63, 3.8) is 0 Å². The Balaban J connectivity index is 2.43. The van der Waals surface area contributed by atoms with Gasteiger partial charge in [-0.15, -0.1) is 0 Å². The summed E-state index contributed by atoms with van der Waals surface area (Å²) < 4.78 is 23.5. The molecule has 0 aromatic heterocycles. The third kappa shape index (κ3) is 4.15. The van der Waals surface area contributed by atoms with Crippen molar-refractivity contribution in [2.75, 3.05) is 5.32 Å². The van der Waals surface area contributed by atoms with E-state index in [9.17, 15) is 18.5 Å². The van der Waals surface area contributed by atoms with Crippen molar-refractivity contribution < 1.29 is 13.3 Å². The average molecular weight is 390 g/mol. The summed E-state index contributed by atoms with van der Waals surface area (Å²) in [4.78, 5) is 9.77. The number of benzene rings is 2. The molecule has 0 aliphatic carbocycles. The van der Waals surface area contributed by atoms with E-state index >= 15 is 0 Å². The Morgan fingerprint density at radius 2 is 1.88 bits per heavy atom. The SMILES string of the molecule is C[C@@H](Nc1ccc([N+](=O)[O-])cc1S(N)(=O)=O)c1ccc(Cl)cc1Cl. The number of nitrogens with one attached hydrogen (secondary N) is 1. The molecule has 1 atom stereocenters. The van der Waals surface area contributed by atoms with E-state index in [2.05, 4.69) is 5.32 Å².